The molecule has 1 unspecified atom stereocenters. The molecule has 0 aliphatic carbocycles. The van der Waals surface area contributed by atoms with Gasteiger partial charge < -0.3 is 10.2 Å². The van der Waals surface area contributed by atoms with Gasteiger partial charge in [0.15, 0.2) is 0 Å². The Morgan fingerprint density at radius 3 is 2.77 bits per heavy atom. The van der Waals surface area contributed by atoms with E-state index in [2.05, 4.69) is 6.92 Å². The minimum atomic E-state index is -0.801. The molecule has 2 N–H and O–H groups in total. The fourth-order valence-corrected chi connectivity index (χ4v) is 0.979. The molecule has 0 heterocycles. The van der Waals surface area contributed by atoms with Crippen molar-refractivity contribution in [2.45, 2.75) is 45.1 Å². The summed E-state index contributed by atoms with van der Waals surface area (Å²) in [6, 6.07) is 0. The topological polar surface area (TPSA) is 57.5 Å². The van der Waals surface area contributed by atoms with Crippen LogP contribution in [0.25, 0.3) is 0 Å². The smallest absolute Gasteiger partial charge is 0.303 e. The number of carboxylic acids is 1. The van der Waals surface area contributed by atoms with E-state index in [0.29, 0.717) is 12.8 Å². The summed E-state index contributed by atoms with van der Waals surface area (Å²) in [5, 5.41) is 17.6. The summed E-state index contributed by atoms with van der Waals surface area (Å²) < 4.78 is 0. The second-order valence-electron chi connectivity index (χ2n) is 3.07. The van der Waals surface area contributed by atoms with Crippen molar-refractivity contribution in [3.63, 3.8) is 0 Å². The zero-order valence-electron chi connectivity index (χ0n) is 8.07. The summed E-state index contributed by atoms with van der Waals surface area (Å²) in [6.07, 6.45) is 6.44. The predicted octanol–water partition coefficient (Wildman–Crippen LogP) is 1.96. The Morgan fingerprint density at radius 2 is 2.23 bits per heavy atom. The third-order valence-corrected chi connectivity index (χ3v) is 1.70. The molecule has 0 fully saturated rings. The first-order chi connectivity index (χ1) is 6.16. The first-order valence-corrected chi connectivity index (χ1v) is 4.73. The van der Waals surface area contributed by atoms with E-state index < -0.39 is 12.1 Å². The van der Waals surface area contributed by atoms with E-state index in [-0.39, 0.29) is 6.42 Å². The highest BCUT2D eigenvalue weighted by molar-refractivity contribution is 5.66. The van der Waals surface area contributed by atoms with E-state index in [0.717, 1.165) is 12.8 Å². The van der Waals surface area contributed by atoms with Gasteiger partial charge in [0.2, 0.25) is 0 Å². The van der Waals surface area contributed by atoms with Crippen LogP contribution in [0, 0.1) is 0 Å². The first-order valence-electron chi connectivity index (χ1n) is 4.73. The molecule has 0 radical (unpaired) electrons. The van der Waals surface area contributed by atoms with E-state index in [1.54, 1.807) is 6.08 Å². The van der Waals surface area contributed by atoms with Crippen LogP contribution in [-0.4, -0.2) is 22.3 Å². The van der Waals surface area contributed by atoms with Crippen molar-refractivity contribution in [3.05, 3.63) is 12.2 Å². The van der Waals surface area contributed by atoms with Crippen LogP contribution in [0.3, 0.4) is 0 Å². The summed E-state index contributed by atoms with van der Waals surface area (Å²) in [5.41, 5.74) is 0. The van der Waals surface area contributed by atoms with E-state index in [1.165, 1.54) is 0 Å². The van der Waals surface area contributed by atoms with Crippen molar-refractivity contribution in [1.82, 2.24) is 0 Å². The fourth-order valence-electron chi connectivity index (χ4n) is 0.979. The minimum absolute atomic E-state index is 0.138. The number of hydrogen-bond acceptors (Lipinski definition) is 2. The number of carbonyl (C=O) groups is 1. The molecule has 13 heavy (non-hydrogen) atoms. The molecule has 0 aromatic heterocycles. The maximum atomic E-state index is 10.1. The number of aliphatic carboxylic acids is 1. The van der Waals surface area contributed by atoms with Gasteiger partial charge in [0, 0.05) is 6.42 Å². The molecule has 0 aliphatic rings. The molecule has 0 saturated heterocycles. The Labute approximate surface area is 79.1 Å². The number of unbranched alkanes of at least 4 members (excludes halogenated alkanes) is 1. The van der Waals surface area contributed by atoms with Crippen LogP contribution < -0.4 is 0 Å². The molecule has 0 aromatic carbocycles. The van der Waals surface area contributed by atoms with Crippen molar-refractivity contribution in [3.8, 4) is 0 Å². The van der Waals surface area contributed by atoms with E-state index >= 15 is 0 Å². The zero-order valence-corrected chi connectivity index (χ0v) is 8.07. The van der Waals surface area contributed by atoms with Gasteiger partial charge in [-0.2, -0.15) is 0 Å². The summed E-state index contributed by atoms with van der Waals surface area (Å²) in [5.74, 6) is -0.801. The highest BCUT2D eigenvalue weighted by Gasteiger charge is 2.01. The fraction of sp³-hybridized carbons (Fsp3) is 0.700. The number of aliphatic hydroxyl groups is 1. The van der Waals surface area contributed by atoms with Gasteiger partial charge in [-0.3, -0.25) is 4.79 Å². The SMILES string of the molecule is CCC/C=C/C(O)CCCC(=O)O. The maximum absolute atomic E-state index is 10.1. The van der Waals surface area contributed by atoms with Crippen molar-refractivity contribution in [2.24, 2.45) is 0 Å². The van der Waals surface area contributed by atoms with Gasteiger partial charge in [0.05, 0.1) is 6.10 Å². The second-order valence-corrected chi connectivity index (χ2v) is 3.07. The lowest BCUT2D eigenvalue weighted by Gasteiger charge is -2.02. The van der Waals surface area contributed by atoms with Crippen LogP contribution in [0.15, 0.2) is 12.2 Å². The number of rotatable bonds is 7. The van der Waals surface area contributed by atoms with Gasteiger partial charge >= 0.3 is 5.97 Å². The largest absolute Gasteiger partial charge is 0.481 e. The molecule has 0 saturated carbocycles. The van der Waals surface area contributed by atoms with Crippen molar-refractivity contribution < 1.29 is 15.0 Å². The molecule has 76 valence electrons. The number of hydrogen-bond donors (Lipinski definition) is 2. The highest BCUT2D eigenvalue weighted by Crippen LogP contribution is 2.03. The molecule has 0 bridgehead atoms. The maximum Gasteiger partial charge on any atom is 0.303 e. The second kappa shape index (κ2) is 7.80. The van der Waals surface area contributed by atoms with Crippen LogP contribution in [0.5, 0.6) is 0 Å². The minimum Gasteiger partial charge on any atom is -0.481 e. The molecular weight excluding hydrogens is 168 g/mol. The molecule has 0 rings (SSSR count). The average Bonchev–Trinajstić information content (AvgIpc) is 2.04. The van der Waals surface area contributed by atoms with E-state index in [1.807, 2.05) is 6.08 Å². The lowest BCUT2D eigenvalue weighted by molar-refractivity contribution is -0.137. The zero-order chi connectivity index (χ0) is 10.1. The molecule has 0 aliphatic heterocycles. The van der Waals surface area contributed by atoms with Crippen LogP contribution in [0.4, 0.5) is 0 Å². The molecule has 0 spiro atoms. The Balaban J connectivity index is 3.39. The highest BCUT2D eigenvalue weighted by atomic mass is 16.4. The molecule has 0 amide bonds. The van der Waals surface area contributed by atoms with Crippen LogP contribution in [-0.2, 0) is 4.79 Å². The van der Waals surface area contributed by atoms with Gasteiger partial charge in [0.1, 0.15) is 0 Å². The summed E-state index contributed by atoms with van der Waals surface area (Å²) in [7, 11) is 0. The van der Waals surface area contributed by atoms with Gasteiger partial charge in [-0.05, 0) is 19.3 Å². The van der Waals surface area contributed by atoms with Crippen molar-refractivity contribution in [1.29, 1.82) is 0 Å². The van der Waals surface area contributed by atoms with Crippen molar-refractivity contribution in [2.75, 3.05) is 0 Å². The van der Waals surface area contributed by atoms with Gasteiger partial charge in [-0.1, -0.05) is 25.5 Å². The molecule has 1 atom stereocenters. The number of aliphatic hydroxyl groups excluding tert-OH is 1. The van der Waals surface area contributed by atoms with Crippen LogP contribution >= 0.6 is 0 Å². The summed E-state index contributed by atoms with van der Waals surface area (Å²) in [6.45, 7) is 2.07. The average molecular weight is 186 g/mol. The first kappa shape index (κ1) is 12.2. The number of carboxylic acid groups (broad SMARTS) is 1. The normalized spacial score (nSPS) is 13.4. The van der Waals surface area contributed by atoms with E-state index in [9.17, 15) is 9.90 Å². The van der Waals surface area contributed by atoms with E-state index in [4.69, 9.17) is 5.11 Å². The molecule has 3 heteroatoms. The van der Waals surface area contributed by atoms with Gasteiger partial charge in [0.25, 0.3) is 0 Å². The Bertz CT molecular complexity index is 164. The van der Waals surface area contributed by atoms with Crippen molar-refractivity contribution >= 4 is 5.97 Å². The standard InChI is InChI=1S/C10H18O3/c1-2-3-4-6-9(11)7-5-8-10(12)13/h4,6,9,11H,2-3,5,7-8H2,1H3,(H,12,13)/b6-4+. The van der Waals surface area contributed by atoms with Gasteiger partial charge in [-0.25, -0.2) is 0 Å². The van der Waals surface area contributed by atoms with Crippen LogP contribution in [0.2, 0.25) is 0 Å². The third kappa shape index (κ3) is 9.08. The quantitative estimate of drug-likeness (QED) is 0.597. The lowest BCUT2D eigenvalue weighted by Crippen LogP contribution is -2.03. The molecule has 0 aromatic rings. The summed E-state index contributed by atoms with van der Waals surface area (Å²) >= 11 is 0. The van der Waals surface area contributed by atoms with Gasteiger partial charge in [-0.15, -0.1) is 0 Å². The third-order valence-electron chi connectivity index (χ3n) is 1.70. The lowest BCUT2D eigenvalue weighted by atomic mass is 10.1. The molecule has 3 nitrogen and oxygen atoms in total. The molecular formula is C10H18O3. The Hall–Kier alpha value is -0.830. The monoisotopic (exact) mass is 186 g/mol. The van der Waals surface area contributed by atoms with Crippen LogP contribution in [0.1, 0.15) is 39.0 Å². The Kier molecular flexibility index (Phi) is 7.30. The predicted molar refractivity (Wildman–Crippen MR) is 51.5 cm³/mol. The Morgan fingerprint density at radius 1 is 1.54 bits per heavy atom. The summed E-state index contributed by atoms with van der Waals surface area (Å²) in [4.78, 5) is 10.1. The number of allylic oxidation sites excluding steroid dienone is 1.